The zero-order valence-electron chi connectivity index (χ0n) is 15.9. The number of carbonyl (C=O) groups excluding carboxylic acids is 3. The lowest BCUT2D eigenvalue weighted by molar-refractivity contribution is -0.133. The molecule has 148 valence electrons. The molecule has 0 saturated carbocycles. The van der Waals surface area contributed by atoms with Gasteiger partial charge in [0, 0.05) is 11.9 Å². The summed E-state index contributed by atoms with van der Waals surface area (Å²) in [7, 11) is -3.41. The van der Waals surface area contributed by atoms with Gasteiger partial charge in [0.15, 0.2) is 9.84 Å². The van der Waals surface area contributed by atoms with Gasteiger partial charge in [-0.3, -0.25) is 14.5 Å². The minimum absolute atomic E-state index is 0.0663. The predicted octanol–water partition coefficient (Wildman–Crippen LogP) is 1.78. The zero-order valence-corrected chi connectivity index (χ0v) is 16.7. The number of hydrogen-bond donors (Lipinski definition) is 2. The monoisotopic (exact) mass is 395 g/mol. The number of benzene rings is 1. The average Bonchev–Trinajstić information content (AvgIpc) is 2.76. The summed E-state index contributed by atoms with van der Waals surface area (Å²) in [5.74, 6) is -0.642. The molecule has 0 aliphatic carbocycles. The quantitative estimate of drug-likeness (QED) is 0.683. The first-order chi connectivity index (χ1) is 12.4. The van der Waals surface area contributed by atoms with E-state index in [1.165, 1.54) is 24.3 Å². The van der Waals surface area contributed by atoms with E-state index in [9.17, 15) is 22.8 Å². The van der Waals surface area contributed by atoms with Crippen LogP contribution in [0.2, 0.25) is 0 Å². The minimum atomic E-state index is -3.41. The molecule has 1 heterocycles. The molecule has 1 aliphatic rings. The Hall–Kier alpha value is -2.42. The molecule has 1 saturated heterocycles. The molecule has 0 bridgehead atoms. The van der Waals surface area contributed by atoms with Gasteiger partial charge in [0.1, 0.15) is 12.1 Å². The van der Waals surface area contributed by atoms with Crippen LogP contribution in [0.1, 0.15) is 33.6 Å². The lowest BCUT2D eigenvalue weighted by Crippen LogP contribution is -2.44. The van der Waals surface area contributed by atoms with Crippen LogP contribution in [0.15, 0.2) is 29.2 Å². The summed E-state index contributed by atoms with van der Waals surface area (Å²) in [6, 6.07) is 5.17. The molecular formula is C18H25N3O5S. The molecule has 2 rings (SSSR count). The summed E-state index contributed by atoms with van der Waals surface area (Å²) in [6.07, 6.45) is 2.32. The van der Waals surface area contributed by atoms with Crippen molar-refractivity contribution in [2.45, 2.75) is 44.0 Å². The molecule has 1 aliphatic heterocycles. The van der Waals surface area contributed by atoms with Gasteiger partial charge in [0.05, 0.1) is 4.90 Å². The van der Waals surface area contributed by atoms with Crippen molar-refractivity contribution in [2.24, 2.45) is 5.92 Å². The summed E-state index contributed by atoms with van der Waals surface area (Å²) >= 11 is 0. The lowest BCUT2D eigenvalue weighted by Gasteiger charge is -2.22. The zero-order chi connectivity index (χ0) is 20.4. The van der Waals surface area contributed by atoms with E-state index in [0.29, 0.717) is 12.3 Å². The van der Waals surface area contributed by atoms with Crippen molar-refractivity contribution in [3.8, 4) is 0 Å². The molecule has 27 heavy (non-hydrogen) atoms. The number of carbonyl (C=O) groups is 3. The summed E-state index contributed by atoms with van der Waals surface area (Å²) in [6.45, 7) is 5.27. The Kier molecular flexibility index (Phi) is 5.94. The van der Waals surface area contributed by atoms with Gasteiger partial charge in [-0.15, -0.1) is 0 Å². The first-order valence-corrected chi connectivity index (χ1v) is 10.6. The summed E-state index contributed by atoms with van der Waals surface area (Å²) in [5, 5.41) is 5.18. The Labute approximate surface area is 159 Å². The van der Waals surface area contributed by atoms with E-state index < -0.39 is 39.8 Å². The largest absolute Gasteiger partial charge is 0.325 e. The lowest BCUT2D eigenvalue weighted by atomic mass is 9.92. The Bertz CT molecular complexity index is 866. The van der Waals surface area contributed by atoms with E-state index in [1.54, 1.807) is 6.92 Å². The van der Waals surface area contributed by atoms with E-state index in [2.05, 4.69) is 10.6 Å². The molecule has 0 spiro atoms. The van der Waals surface area contributed by atoms with Crippen LogP contribution in [0.4, 0.5) is 10.5 Å². The fourth-order valence-corrected chi connectivity index (χ4v) is 3.45. The van der Waals surface area contributed by atoms with Crippen LogP contribution in [0.25, 0.3) is 0 Å². The van der Waals surface area contributed by atoms with E-state index in [1.807, 2.05) is 13.8 Å². The van der Waals surface area contributed by atoms with Crippen LogP contribution >= 0.6 is 0 Å². The van der Waals surface area contributed by atoms with E-state index in [0.717, 1.165) is 17.6 Å². The van der Waals surface area contributed by atoms with Gasteiger partial charge in [0.2, 0.25) is 5.91 Å². The van der Waals surface area contributed by atoms with E-state index in [4.69, 9.17) is 0 Å². The standard InChI is InChI=1S/C18H25N3O5S/c1-12(2)8-9-18(3)16(23)21(17(24)20-18)11-15(22)19-13-6-5-7-14(10-13)27(4,25)26/h5-7,10,12H,8-9,11H2,1-4H3,(H,19,22)(H,20,24)/t18-/m0/s1. The summed E-state index contributed by atoms with van der Waals surface area (Å²) < 4.78 is 23.2. The molecule has 9 heteroatoms. The fourth-order valence-electron chi connectivity index (χ4n) is 2.79. The smallest absolute Gasteiger partial charge is 0.324 e. The first kappa shape index (κ1) is 20.9. The van der Waals surface area contributed by atoms with Gasteiger partial charge >= 0.3 is 6.03 Å². The molecule has 1 aromatic rings. The second-order valence-corrected chi connectivity index (χ2v) is 9.45. The first-order valence-electron chi connectivity index (χ1n) is 8.66. The molecule has 2 N–H and O–H groups in total. The van der Waals surface area contributed by atoms with Crippen molar-refractivity contribution in [3.05, 3.63) is 24.3 Å². The molecule has 1 atom stereocenters. The predicted molar refractivity (Wildman–Crippen MR) is 101 cm³/mol. The maximum atomic E-state index is 12.6. The highest BCUT2D eigenvalue weighted by atomic mass is 32.2. The number of imide groups is 1. The minimum Gasteiger partial charge on any atom is -0.324 e. The maximum absolute atomic E-state index is 12.6. The third kappa shape index (κ3) is 5.06. The number of nitrogens with zero attached hydrogens (tertiary/aromatic N) is 1. The third-order valence-corrected chi connectivity index (χ3v) is 5.52. The fraction of sp³-hybridized carbons (Fsp3) is 0.500. The number of anilines is 1. The highest BCUT2D eigenvalue weighted by molar-refractivity contribution is 7.90. The van der Waals surface area contributed by atoms with Gasteiger partial charge in [-0.2, -0.15) is 0 Å². The van der Waals surface area contributed by atoms with Crippen LogP contribution in [-0.2, 0) is 19.4 Å². The van der Waals surface area contributed by atoms with Crippen LogP contribution in [0.3, 0.4) is 0 Å². The highest BCUT2D eigenvalue weighted by Gasteiger charge is 2.47. The molecule has 1 fully saturated rings. The molecular weight excluding hydrogens is 370 g/mol. The molecule has 4 amide bonds. The van der Waals surface area contributed by atoms with Crippen molar-refractivity contribution >= 4 is 33.4 Å². The van der Waals surface area contributed by atoms with Crippen molar-refractivity contribution in [3.63, 3.8) is 0 Å². The van der Waals surface area contributed by atoms with Gasteiger partial charge in [-0.05, 0) is 43.9 Å². The van der Waals surface area contributed by atoms with Crippen molar-refractivity contribution < 1.29 is 22.8 Å². The average molecular weight is 395 g/mol. The summed E-state index contributed by atoms with van der Waals surface area (Å²) in [5.41, 5.74) is -0.741. The third-order valence-electron chi connectivity index (χ3n) is 4.41. The highest BCUT2D eigenvalue weighted by Crippen LogP contribution is 2.24. The summed E-state index contributed by atoms with van der Waals surface area (Å²) in [4.78, 5) is 38.0. The van der Waals surface area contributed by atoms with Crippen LogP contribution < -0.4 is 10.6 Å². The Balaban J connectivity index is 2.06. The number of sulfone groups is 1. The maximum Gasteiger partial charge on any atom is 0.325 e. The molecule has 0 radical (unpaired) electrons. The van der Waals surface area contributed by atoms with Crippen molar-refractivity contribution in [2.75, 3.05) is 18.1 Å². The van der Waals surface area contributed by atoms with Gasteiger partial charge < -0.3 is 10.6 Å². The second-order valence-electron chi connectivity index (χ2n) is 7.43. The van der Waals surface area contributed by atoms with E-state index in [-0.39, 0.29) is 10.6 Å². The number of urea groups is 1. The van der Waals surface area contributed by atoms with Gasteiger partial charge in [-0.25, -0.2) is 13.2 Å². The Morgan fingerprint density at radius 3 is 2.56 bits per heavy atom. The van der Waals surface area contributed by atoms with E-state index >= 15 is 0 Å². The van der Waals surface area contributed by atoms with Gasteiger partial charge in [0.25, 0.3) is 5.91 Å². The number of nitrogens with one attached hydrogen (secondary N) is 2. The normalized spacial score (nSPS) is 20.1. The Morgan fingerprint density at radius 1 is 1.30 bits per heavy atom. The number of amides is 4. The topological polar surface area (TPSA) is 113 Å². The van der Waals surface area contributed by atoms with Crippen LogP contribution in [0, 0.1) is 5.92 Å². The molecule has 8 nitrogen and oxygen atoms in total. The SMILES string of the molecule is CC(C)CC[C@]1(C)NC(=O)N(CC(=O)Nc2cccc(S(C)(=O)=O)c2)C1=O. The van der Waals surface area contributed by atoms with Crippen molar-refractivity contribution in [1.82, 2.24) is 10.2 Å². The second kappa shape index (κ2) is 7.67. The van der Waals surface area contributed by atoms with Crippen molar-refractivity contribution in [1.29, 1.82) is 0 Å². The number of hydrogen-bond acceptors (Lipinski definition) is 5. The molecule has 0 aromatic heterocycles. The van der Waals surface area contributed by atoms with Crippen LogP contribution in [0.5, 0.6) is 0 Å². The van der Waals surface area contributed by atoms with Gasteiger partial charge in [-0.1, -0.05) is 19.9 Å². The molecule has 1 aromatic carbocycles. The number of rotatable bonds is 7. The molecule has 0 unspecified atom stereocenters. The van der Waals surface area contributed by atoms with Crippen LogP contribution in [-0.4, -0.2) is 49.5 Å². The Morgan fingerprint density at radius 2 is 1.96 bits per heavy atom.